The quantitative estimate of drug-likeness (QED) is 0.825. The van der Waals surface area contributed by atoms with Crippen LogP contribution in [0.25, 0.3) is 0 Å². The Morgan fingerprint density at radius 2 is 2.08 bits per heavy atom. The summed E-state index contributed by atoms with van der Waals surface area (Å²) in [4.78, 5) is 17.0. The number of likely N-dealkylation sites (tertiary alicyclic amines) is 1. The van der Waals surface area contributed by atoms with Crippen LogP contribution in [0.5, 0.6) is 0 Å². The molecule has 2 aliphatic heterocycles. The highest BCUT2D eigenvalue weighted by Crippen LogP contribution is 2.25. The first-order valence-corrected chi connectivity index (χ1v) is 8.94. The van der Waals surface area contributed by atoms with E-state index in [0.717, 1.165) is 26.2 Å². The van der Waals surface area contributed by atoms with Gasteiger partial charge in [0.15, 0.2) is 0 Å². The fraction of sp³-hybridized carbons (Fsp3) is 0.474. The number of aryl methyl sites for hydroxylation is 1. The first-order chi connectivity index (χ1) is 12.3. The summed E-state index contributed by atoms with van der Waals surface area (Å²) in [5.74, 6) is 0.188. The molecular formula is C19H24N4O2. The zero-order chi connectivity index (χ0) is 17.1. The molecule has 4 rings (SSSR count). The maximum Gasteiger partial charge on any atom is 0.224 e. The van der Waals surface area contributed by atoms with Gasteiger partial charge in [-0.1, -0.05) is 30.3 Å². The van der Waals surface area contributed by atoms with Crippen molar-refractivity contribution in [1.29, 1.82) is 0 Å². The number of carbonyl (C=O) groups excluding carboxylic acids is 1. The maximum atomic E-state index is 12.6. The molecule has 0 spiro atoms. The molecule has 132 valence electrons. The van der Waals surface area contributed by atoms with Crippen molar-refractivity contribution in [3.8, 4) is 0 Å². The molecule has 2 fully saturated rings. The van der Waals surface area contributed by atoms with Gasteiger partial charge in [-0.15, -0.1) is 0 Å². The first-order valence-electron chi connectivity index (χ1n) is 8.94. The number of ether oxygens (including phenoxy) is 1. The number of benzene rings is 1. The Morgan fingerprint density at radius 1 is 1.20 bits per heavy atom. The van der Waals surface area contributed by atoms with Crippen LogP contribution in [-0.4, -0.2) is 63.9 Å². The van der Waals surface area contributed by atoms with E-state index in [9.17, 15) is 4.79 Å². The van der Waals surface area contributed by atoms with Crippen LogP contribution < -0.4 is 0 Å². The third-order valence-electron chi connectivity index (χ3n) is 5.11. The fourth-order valence-electron chi connectivity index (χ4n) is 3.78. The van der Waals surface area contributed by atoms with Crippen LogP contribution in [0.3, 0.4) is 0 Å². The number of amides is 1. The predicted octanol–water partition coefficient (Wildman–Crippen LogP) is 1.38. The Hall–Kier alpha value is -2.18. The first kappa shape index (κ1) is 16.3. The average molecular weight is 340 g/mol. The smallest absolute Gasteiger partial charge is 0.224 e. The normalized spacial score (nSPS) is 23.6. The van der Waals surface area contributed by atoms with Gasteiger partial charge >= 0.3 is 0 Å². The van der Waals surface area contributed by atoms with Crippen molar-refractivity contribution in [2.24, 2.45) is 0 Å². The lowest BCUT2D eigenvalue weighted by Gasteiger charge is -2.36. The van der Waals surface area contributed by atoms with Crippen molar-refractivity contribution >= 4 is 5.91 Å². The van der Waals surface area contributed by atoms with Crippen LogP contribution in [-0.2, 0) is 22.6 Å². The van der Waals surface area contributed by atoms with Crippen molar-refractivity contribution in [3.05, 3.63) is 54.4 Å². The maximum absolute atomic E-state index is 12.6. The Balaban J connectivity index is 1.36. The van der Waals surface area contributed by atoms with Crippen LogP contribution in [0.1, 0.15) is 12.0 Å². The highest BCUT2D eigenvalue weighted by molar-refractivity contribution is 5.76. The Bertz CT molecular complexity index is 689. The van der Waals surface area contributed by atoms with Gasteiger partial charge in [-0.25, -0.2) is 0 Å². The second-order valence-electron chi connectivity index (χ2n) is 6.75. The molecule has 2 aromatic rings. The van der Waals surface area contributed by atoms with Crippen molar-refractivity contribution < 1.29 is 9.53 Å². The molecule has 2 aliphatic rings. The molecule has 6 heteroatoms. The van der Waals surface area contributed by atoms with Gasteiger partial charge in [-0.2, -0.15) is 5.10 Å². The van der Waals surface area contributed by atoms with Gasteiger partial charge < -0.3 is 9.64 Å². The lowest BCUT2D eigenvalue weighted by molar-refractivity contribution is -0.130. The summed E-state index contributed by atoms with van der Waals surface area (Å²) >= 11 is 0. The molecule has 0 bridgehead atoms. The van der Waals surface area contributed by atoms with E-state index in [-0.39, 0.29) is 12.0 Å². The summed E-state index contributed by atoms with van der Waals surface area (Å²) in [6, 6.07) is 12.7. The van der Waals surface area contributed by atoms with E-state index in [1.54, 1.807) is 10.9 Å². The fourth-order valence-corrected chi connectivity index (χ4v) is 3.78. The van der Waals surface area contributed by atoms with Gasteiger partial charge in [-0.05, 0) is 11.6 Å². The Kier molecular flexibility index (Phi) is 4.81. The average Bonchev–Trinajstić information content (AvgIpc) is 3.30. The SMILES string of the molecule is O=C(CCn1cccn1)N1C[C@@H]2OCCN(Cc3ccccc3)[C@H]2C1. The molecule has 3 heterocycles. The van der Waals surface area contributed by atoms with Crippen molar-refractivity contribution in [2.45, 2.75) is 31.7 Å². The summed E-state index contributed by atoms with van der Waals surface area (Å²) in [5, 5.41) is 4.16. The molecule has 0 saturated carbocycles. The van der Waals surface area contributed by atoms with Crippen molar-refractivity contribution in [2.75, 3.05) is 26.2 Å². The van der Waals surface area contributed by atoms with Gasteiger partial charge in [0.1, 0.15) is 0 Å². The molecule has 2 atom stereocenters. The number of hydrogen-bond donors (Lipinski definition) is 0. The van der Waals surface area contributed by atoms with Crippen molar-refractivity contribution in [1.82, 2.24) is 19.6 Å². The number of nitrogens with zero attached hydrogens (tertiary/aromatic N) is 4. The zero-order valence-corrected chi connectivity index (χ0v) is 14.3. The van der Waals surface area contributed by atoms with Crippen LogP contribution in [0.15, 0.2) is 48.8 Å². The van der Waals surface area contributed by atoms with E-state index in [1.165, 1.54) is 5.56 Å². The summed E-state index contributed by atoms with van der Waals surface area (Å²) in [5.41, 5.74) is 1.31. The highest BCUT2D eigenvalue weighted by atomic mass is 16.5. The van der Waals surface area contributed by atoms with Gasteiger partial charge in [0.25, 0.3) is 0 Å². The second kappa shape index (κ2) is 7.37. The number of fused-ring (bicyclic) bond motifs is 1. The van der Waals surface area contributed by atoms with E-state index in [4.69, 9.17) is 4.74 Å². The minimum absolute atomic E-state index is 0.131. The number of morpholine rings is 1. The number of rotatable bonds is 5. The van der Waals surface area contributed by atoms with Gasteiger partial charge in [0.2, 0.25) is 5.91 Å². The molecular weight excluding hydrogens is 316 g/mol. The minimum Gasteiger partial charge on any atom is -0.373 e. The molecule has 0 radical (unpaired) electrons. The number of hydrogen-bond acceptors (Lipinski definition) is 4. The molecule has 1 aromatic carbocycles. The molecule has 1 amide bonds. The lowest BCUT2D eigenvalue weighted by atomic mass is 10.1. The van der Waals surface area contributed by atoms with Crippen LogP contribution in [0, 0.1) is 0 Å². The molecule has 2 saturated heterocycles. The van der Waals surface area contributed by atoms with E-state index >= 15 is 0 Å². The zero-order valence-electron chi connectivity index (χ0n) is 14.3. The standard InChI is InChI=1S/C19H24N4O2/c24-19(7-10-23-9-4-8-20-23)22-14-17-18(15-22)25-12-11-21(17)13-16-5-2-1-3-6-16/h1-6,8-9,17-18H,7,10-15H2/t17-,18-/m0/s1. The van der Waals surface area contributed by atoms with Crippen LogP contribution >= 0.6 is 0 Å². The van der Waals surface area contributed by atoms with E-state index in [2.05, 4.69) is 34.3 Å². The Labute approximate surface area is 148 Å². The summed E-state index contributed by atoms with van der Waals surface area (Å²) in [6.45, 7) is 4.67. The summed E-state index contributed by atoms with van der Waals surface area (Å²) < 4.78 is 7.75. The monoisotopic (exact) mass is 340 g/mol. The third kappa shape index (κ3) is 3.75. The van der Waals surface area contributed by atoms with E-state index in [1.807, 2.05) is 23.2 Å². The number of aromatic nitrogens is 2. The summed E-state index contributed by atoms with van der Waals surface area (Å²) in [6.07, 6.45) is 4.25. The largest absolute Gasteiger partial charge is 0.373 e. The highest BCUT2D eigenvalue weighted by Gasteiger charge is 2.41. The topological polar surface area (TPSA) is 50.6 Å². The van der Waals surface area contributed by atoms with Crippen LogP contribution in [0.2, 0.25) is 0 Å². The van der Waals surface area contributed by atoms with Gasteiger partial charge in [-0.3, -0.25) is 14.4 Å². The molecule has 25 heavy (non-hydrogen) atoms. The van der Waals surface area contributed by atoms with E-state index in [0.29, 0.717) is 25.6 Å². The molecule has 1 aromatic heterocycles. The molecule has 0 aliphatic carbocycles. The predicted molar refractivity (Wildman–Crippen MR) is 93.8 cm³/mol. The number of carbonyl (C=O) groups is 1. The summed E-state index contributed by atoms with van der Waals surface area (Å²) in [7, 11) is 0. The van der Waals surface area contributed by atoms with Crippen molar-refractivity contribution in [3.63, 3.8) is 0 Å². The van der Waals surface area contributed by atoms with Crippen LogP contribution in [0.4, 0.5) is 0 Å². The minimum atomic E-state index is 0.131. The molecule has 0 N–H and O–H groups in total. The molecule has 6 nitrogen and oxygen atoms in total. The Morgan fingerprint density at radius 3 is 2.88 bits per heavy atom. The lowest BCUT2D eigenvalue weighted by Crippen LogP contribution is -2.50. The van der Waals surface area contributed by atoms with E-state index < -0.39 is 0 Å². The third-order valence-corrected chi connectivity index (χ3v) is 5.11. The molecule has 0 unspecified atom stereocenters. The second-order valence-corrected chi connectivity index (χ2v) is 6.75. The van der Waals surface area contributed by atoms with Gasteiger partial charge in [0, 0.05) is 51.5 Å². The van der Waals surface area contributed by atoms with Gasteiger partial charge in [0.05, 0.1) is 18.8 Å².